The van der Waals surface area contributed by atoms with E-state index in [0.717, 1.165) is 17.5 Å². The fourth-order valence-corrected chi connectivity index (χ4v) is 5.07. The van der Waals surface area contributed by atoms with E-state index in [2.05, 4.69) is 20.6 Å². The van der Waals surface area contributed by atoms with Crippen LogP contribution >= 0.6 is 0 Å². The second kappa shape index (κ2) is 12.5. The van der Waals surface area contributed by atoms with Crippen molar-refractivity contribution in [2.45, 2.75) is 51.5 Å². The van der Waals surface area contributed by atoms with Gasteiger partial charge in [-0.05, 0) is 67.6 Å². The molecule has 2 amide bonds. The number of carbonyl (C=O) groups is 2. The number of carbonyl (C=O) groups excluding carboxylic acids is 2. The van der Waals surface area contributed by atoms with Crippen LogP contribution in [0.5, 0.6) is 5.75 Å². The van der Waals surface area contributed by atoms with Crippen LogP contribution in [0.15, 0.2) is 79.1 Å². The number of nitrogens with one attached hydrogen (secondary N) is 2. The summed E-state index contributed by atoms with van der Waals surface area (Å²) in [5.74, 6) is 0.719. The lowest BCUT2D eigenvalue weighted by Crippen LogP contribution is -2.28. The highest BCUT2D eigenvalue weighted by atomic mass is 16.5. The monoisotopic (exact) mass is 522 g/mol. The van der Waals surface area contributed by atoms with Gasteiger partial charge in [-0.15, -0.1) is 0 Å². The molecule has 2 aromatic heterocycles. The van der Waals surface area contributed by atoms with Crippen molar-refractivity contribution in [2.24, 2.45) is 5.92 Å². The predicted molar refractivity (Wildman–Crippen MR) is 153 cm³/mol. The lowest BCUT2D eigenvalue weighted by molar-refractivity contribution is 0.0933. The molecule has 5 rings (SSSR count). The third kappa shape index (κ3) is 6.60. The van der Waals surface area contributed by atoms with Crippen molar-refractivity contribution in [3.8, 4) is 5.75 Å². The second-order valence-corrected chi connectivity index (χ2v) is 10.1. The summed E-state index contributed by atoms with van der Waals surface area (Å²) >= 11 is 0. The predicted octanol–water partition coefficient (Wildman–Crippen LogP) is 6.72. The first-order chi connectivity index (χ1) is 19.1. The maximum absolute atomic E-state index is 13.1. The number of ether oxygens (including phenoxy) is 1. The minimum atomic E-state index is -0.232. The van der Waals surface area contributed by atoms with Crippen molar-refractivity contribution < 1.29 is 14.3 Å². The van der Waals surface area contributed by atoms with Crippen LogP contribution in [0.25, 0.3) is 10.9 Å². The van der Waals surface area contributed by atoms with Gasteiger partial charge in [0.2, 0.25) is 0 Å². The quantitative estimate of drug-likeness (QED) is 0.254. The van der Waals surface area contributed by atoms with E-state index < -0.39 is 0 Å². The van der Waals surface area contributed by atoms with Gasteiger partial charge in [-0.2, -0.15) is 0 Å². The van der Waals surface area contributed by atoms with Gasteiger partial charge in [-0.3, -0.25) is 19.6 Å². The van der Waals surface area contributed by atoms with Crippen LogP contribution in [0.1, 0.15) is 77.9 Å². The number of rotatable bonds is 9. The Hall–Kier alpha value is -4.26. The zero-order chi connectivity index (χ0) is 27.0. The van der Waals surface area contributed by atoms with E-state index >= 15 is 0 Å². The van der Waals surface area contributed by atoms with Crippen LogP contribution < -0.4 is 15.4 Å². The number of benzene rings is 2. The maximum atomic E-state index is 13.1. The van der Waals surface area contributed by atoms with Crippen LogP contribution in [0.4, 0.5) is 5.69 Å². The molecule has 4 aromatic rings. The third-order valence-corrected chi connectivity index (χ3v) is 7.29. The number of fused-ring (bicyclic) bond motifs is 1. The van der Waals surface area contributed by atoms with Crippen molar-refractivity contribution in [3.05, 3.63) is 95.9 Å². The van der Waals surface area contributed by atoms with Gasteiger partial charge in [0.05, 0.1) is 35.0 Å². The molecule has 1 saturated carbocycles. The largest absolute Gasteiger partial charge is 0.492 e. The van der Waals surface area contributed by atoms with Crippen LogP contribution in [0.2, 0.25) is 0 Å². The highest BCUT2D eigenvalue weighted by Gasteiger charge is 2.18. The van der Waals surface area contributed by atoms with E-state index in [-0.39, 0.29) is 17.9 Å². The highest BCUT2D eigenvalue weighted by Crippen LogP contribution is 2.27. The molecule has 1 aliphatic carbocycles. The van der Waals surface area contributed by atoms with E-state index in [4.69, 9.17) is 4.74 Å². The summed E-state index contributed by atoms with van der Waals surface area (Å²) < 4.78 is 6.09. The van der Waals surface area contributed by atoms with Gasteiger partial charge in [0, 0.05) is 23.5 Å². The van der Waals surface area contributed by atoms with E-state index in [9.17, 15) is 9.59 Å². The van der Waals surface area contributed by atoms with Crippen LogP contribution in [0, 0.1) is 5.92 Å². The van der Waals surface area contributed by atoms with Crippen molar-refractivity contribution in [2.75, 3.05) is 11.9 Å². The molecule has 0 bridgehead atoms. The van der Waals surface area contributed by atoms with Crippen LogP contribution in [0.3, 0.4) is 0 Å². The molecule has 200 valence electrons. The number of hydrogen-bond donors (Lipinski definition) is 2. The fourth-order valence-electron chi connectivity index (χ4n) is 5.07. The number of pyridine rings is 2. The van der Waals surface area contributed by atoms with E-state index in [1.165, 1.54) is 32.1 Å². The SMILES string of the molecule is CCC(NC(=O)c1cnc2cc(NC(=O)c3ccccc3OCC3CCCCC3)ccc2c1)c1ccccn1. The Labute approximate surface area is 229 Å². The van der Waals surface area contributed by atoms with Crippen molar-refractivity contribution >= 4 is 28.4 Å². The summed E-state index contributed by atoms with van der Waals surface area (Å²) in [5.41, 5.74) is 3.11. The molecule has 1 fully saturated rings. The zero-order valence-corrected chi connectivity index (χ0v) is 22.2. The summed E-state index contributed by atoms with van der Waals surface area (Å²) in [6.07, 6.45) is 10.2. The summed E-state index contributed by atoms with van der Waals surface area (Å²) in [6, 6.07) is 20.1. The van der Waals surface area contributed by atoms with Crippen LogP contribution in [-0.4, -0.2) is 28.4 Å². The third-order valence-electron chi connectivity index (χ3n) is 7.29. The number of amides is 2. The van der Waals surface area contributed by atoms with Gasteiger partial charge in [-0.25, -0.2) is 0 Å². The molecular formula is C32H34N4O3. The number of aromatic nitrogens is 2. The number of para-hydroxylation sites is 1. The van der Waals surface area contributed by atoms with E-state index in [1.807, 2.05) is 67.6 Å². The van der Waals surface area contributed by atoms with Gasteiger partial charge in [0.25, 0.3) is 11.8 Å². The fraction of sp³-hybridized carbons (Fsp3) is 0.312. The Balaban J connectivity index is 1.25. The molecule has 0 radical (unpaired) electrons. The minimum absolute atomic E-state index is 0.179. The normalized spacial score (nSPS) is 14.5. The molecular weight excluding hydrogens is 488 g/mol. The second-order valence-electron chi connectivity index (χ2n) is 10.1. The standard InChI is InChI=1S/C32H34N4O3/c1-2-27(28-13-8-9-17-33-28)36-31(37)24-18-23-15-16-25(19-29(23)34-20-24)35-32(38)26-12-6-7-14-30(26)39-21-22-10-4-3-5-11-22/h6-9,12-20,22,27H,2-5,10-11,21H2,1H3,(H,35,38)(H,36,37). The van der Waals surface area contributed by atoms with Gasteiger partial charge in [0.15, 0.2) is 0 Å². The average molecular weight is 523 g/mol. The first-order valence-electron chi connectivity index (χ1n) is 13.8. The number of hydrogen-bond acceptors (Lipinski definition) is 5. The molecule has 0 saturated heterocycles. The molecule has 0 spiro atoms. The first-order valence-corrected chi connectivity index (χ1v) is 13.8. The summed E-state index contributed by atoms with van der Waals surface area (Å²) in [5, 5.41) is 6.83. The first kappa shape index (κ1) is 26.4. The number of anilines is 1. The van der Waals surface area contributed by atoms with E-state index in [0.29, 0.717) is 40.6 Å². The van der Waals surface area contributed by atoms with E-state index in [1.54, 1.807) is 18.5 Å². The Kier molecular flexibility index (Phi) is 8.46. The minimum Gasteiger partial charge on any atom is -0.492 e. The summed E-state index contributed by atoms with van der Waals surface area (Å²) in [7, 11) is 0. The topological polar surface area (TPSA) is 93.2 Å². The Morgan fingerprint density at radius 3 is 2.56 bits per heavy atom. The van der Waals surface area contributed by atoms with Gasteiger partial charge in [0.1, 0.15) is 5.75 Å². The maximum Gasteiger partial charge on any atom is 0.259 e. The molecule has 39 heavy (non-hydrogen) atoms. The lowest BCUT2D eigenvalue weighted by atomic mass is 9.90. The highest BCUT2D eigenvalue weighted by molar-refractivity contribution is 6.07. The number of nitrogens with zero attached hydrogens (tertiary/aromatic N) is 2. The van der Waals surface area contributed by atoms with Gasteiger partial charge >= 0.3 is 0 Å². The van der Waals surface area contributed by atoms with Gasteiger partial charge < -0.3 is 15.4 Å². The van der Waals surface area contributed by atoms with Gasteiger partial charge in [-0.1, -0.05) is 50.5 Å². The van der Waals surface area contributed by atoms with Crippen molar-refractivity contribution in [1.29, 1.82) is 0 Å². The van der Waals surface area contributed by atoms with Crippen LogP contribution in [-0.2, 0) is 0 Å². The molecule has 1 unspecified atom stereocenters. The molecule has 7 heteroatoms. The molecule has 1 atom stereocenters. The smallest absolute Gasteiger partial charge is 0.259 e. The Morgan fingerprint density at radius 1 is 0.949 bits per heavy atom. The zero-order valence-electron chi connectivity index (χ0n) is 22.2. The Morgan fingerprint density at radius 2 is 1.77 bits per heavy atom. The summed E-state index contributed by atoms with van der Waals surface area (Å²) in [4.78, 5) is 34.9. The molecule has 2 heterocycles. The molecule has 0 aliphatic heterocycles. The molecule has 1 aliphatic rings. The van der Waals surface area contributed by atoms with Crippen molar-refractivity contribution in [1.82, 2.24) is 15.3 Å². The Bertz CT molecular complexity index is 1430. The lowest BCUT2D eigenvalue weighted by Gasteiger charge is -2.22. The molecule has 2 N–H and O–H groups in total. The average Bonchev–Trinajstić information content (AvgIpc) is 2.99. The summed E-state index contributed by atoms with van der Waals surface area (Å²) in [6.45, 7) is 2.65. The van der Waals surface area contributed by atoms with Crippen molar-refractivity contribution in [3.63, 3.8) is 0 Å². The molecule has 2 aromatic carbocycles. The molecule has 7 nitrogen and oxygen atoms in total.